The average Bonchev–Trinajstić information content (AvgIpc) is 1.02. The second-order valence-corrected chi connectivity index (χ2v) is 22.4. The highest BCUT2D eigenvalue weighted by Crippen LogP contribution is 2.38. The van der Waals surface area contributed by atoms with Crippen molar-refractivity contribution in [2.45, 2.75) is 236 Å². The van der Waals surface area contributed by atoms with E-state index in [0.29, 0.717) is 0 Å². The van der Waals surface area contributed by atoms with Crippen LogP contribution in [0.3, 0.4) is 0 Å². The highest BCUT2D eigenvalue weighted by atomic mass is 32.3. The minimum atomic E-state index is -5.47. The van der Waals surface area contributed by atoms with Crippen LogP contribution in [0.25, 0.3) is 0 Å². The van der Waals surface area contributed by atoms with Crippen LogP contribution in [0.2, 0.25) is 0 Å². The Labute approximate surface area is 488 Å². The molecule has 6 heterocycles. The van der Waals surface area contributed by atoms with E-state index in [-0.39, 0.29) is 0 Å². The van der Waals surface area contributed by atoms with Gasteiger partial charge in [0.05, 0.1) is 57.9 Å². The Balaban J connectivity index is 1.32. The van der Waals surface area contributed by atoms with Crippen molar-refractivity contribution in [1.82, 2.24) is 10.6 Å². The van der Waals surface area contributed by atoms with Gasteiger partial charge in [0.1, 0.15) is 153 Å². The number of rotatable bonds is 25. The van der Waals surface area contributed by atoms with Crippen LogP contribution >= 0.6 is 0 Å². The molecule has 6 aliphatic heterocycles. The Bertz CT molecular complexity index is 2240. The molecular formula is C46H80N2O37S. The van der Waals surface area contributed by atoms with E-state index in [1.165, 1.54) is 13.8 Å². The predicted octanol–water partition coefficient (Wildman–Crippen LogP) is -14.5. The highest BCUT2D eigenvalue weighted by Gasteiger charge is 2.58. The quantitative estimate of drug-likeness (QED) is 0.0377. The number of carbonyl (C=O) groups excluding carboxylic acids is 2. The van der Waals surface area contributed by atoms with Crippen LogP contribution in [0, 0.1) is 0 Å². The zero-order chi connectivity index (χ0) is 64.1. The summed E-state index contributed by atoms with van der Waals surface area (Å²) in [6, 6.07) is -3.76. The van der Waals surface area contributed by atoms with Gasteiger partial charge in [0.25, 0.3) is 0 Å². The van der Waals surface area contributed by atoms with Crippen LogP contribution in [-0.2, 0) is 81.0 Å². The molecule has 86 heavy (non-hydrogen) atoms. The van der Waals surface area contributed by atoms with Crippen LogP contribution in [0.5, 0.6) is 0 Å². The maximum Gasteiger partial charge on any atom is 0.397 e. The Morgan fingerprint density at radius 2 is 0.930 bits per heavy atom. The van der Waals surface area contributed by atoms with Crippen molar-refractivity contribution in [3.8, 4) is 0 Å². The molecule has 40 heteroatoms. The number of aliphatic hydroxyl groups is 19. The summed E-state index contributed by atoms with van der Waals surface area (Å²) in [6.07, 6.45) is -64.6. The Hall–Kier alpha value is -2.43. The van der Waals surface area contributed by atoms with E-state index in [9.17, 15) is 120 Å². The molecule has 34 atom stereocenters. The van der Waals surface area contributed by atoms with Crippen LogP contribution < -0.4 is 10.6 Å². The third-order valence-electron chi connectivity index (χ3n) is 15.1. The summed E-state index contributed by atoms with van der Waals surface area (Å²) in [5.74, 6) is -1.87. The van der Waals surface area contributed by atoms with Gasteiger partial charge in [-0.15, -0.1) is 0 Å². The summed E-state index contributed by atoms with van der Waals surface area (Å²) in [6.45, 7) is -2.53. The topological polar surface area (TPSA) is 617 Å². The van der Waals surface area contributed by atoms with Gasteiger partial charge in [-0.1, -0.05) is 0 Å². The largest absolute Gasteiger partial charge is 0.397 e. The van der Waals surface area contributed by atoms with Gasteiger partial charge in [0.15, 0.2) is 37.7 Å². The predicted molar refractivity (Wildman–Crippen MR) is 265 cm³/mol. The molecule has 0 saturated carbocycles. The first kappa shape index (κ1) is 72.6. The SMILES string of the molecule is CC(=O)N[C@H]1[C@H](OC[C@@H](O)[C@H](O)[C@H](O[C@@H]2O[C@H](CO)[C@H](O)[C@H](O)[C@H]2O[C@@H]2O[C@@H](C)[C@@H](O)[C@@H](O)[C@@H]2O)[C@H](CO)NC(C)=O)O[C@H](COS(=O)(=O)O)[C@@H](O[C@@H]2O[C@H](CO)[C@H](O)[C@H](O[C@H]3O[C@H](CO)[C@H](O)[C@H](O)[C@H]3O)[C@H]2O[C@@H]2O[C@@H](C)[C@@H](O)[C@@H](O)[C@@H]2O)[C@@H]1O. The normalized spacial score (nSPS) is 45.8. The van der Waals surface area contributed by atoms with E-state index in [1.807, 2.05) is 0 Å². The summed E-state index contributed by atoms with van der Waals surface area (Å²) in [7, 11) is -5.47. The fraction of sp³-hybridized carbons (Fsp3) is 0.957. The van der Waals surface area contributed by atoms with Gasteiger partial charge in [-0.3, -0.25) is 14.1 Å². The Morgan fingerprint density at radius 3 is 1.43 bits per heavy atom. The minimum absolute atomic E-state index is 0.890. The molecule has 0 radical (unpaired) electrons. The smallest absolute Gasteiger partial charge is 0.394 e. The van der Waals surface area contributed by atoms with Gasteiger partial charge in [0.2, 0.25) is 11.8 Å². The summed E-state index contributed by atoms with van der Waals surface area (Å²) in [5.41, 5.74) is 0. The fourth-order valence-corrected chi connectivity index (χ4v) is 10.6. The molecule has 0 aromatic heterocycles. The molecule has 6 fully saturated rings. The van der Waals surface area contributed by atoms with Crippen molar-refractivity contribution < 1.29 is 181 Å². The molecule has 502 valence electrons. The lowest BCUT2D eigenvalue weighted by Crippen LogP contribution is -2.69. The average molecular weight is 1290 g/mol. The van der Waals surface area contributed by atoms with Gasteiger partial charge in [-0.25, -0.2) is 4.18 Å². The second kappa shape index (κ2) is 31.3. The lowest BCUT2D eigenvalue weighted by molar-refractivity contribution is -0.402. The molecule has 0 unspecified atom stereocenters. The molecule has 22 N–H and O–H groups in total. The van der Waals surface area contributed by atoms with Crippen molar-refractivity contribution in [2.75, 3.05) is 39.6 Å². The zero-order valence-electron chi connectivity index (χ0n) is 46.2. The number of hydrogen-bond donors (Lipinski definition) is 22. The molecule has 39 nitrogen and oxygen atoms in total. The van der Waals surface area contributed by atoms with Crippen LogP contribution in [0.1, 0.15) is 27.7 Å². The number of amides is 2. The number of ether oxygens (including phenoxy) is 12. The van der Waals surface area contributed by atoms with Gasteiger partial charge in [0, 0.05) is 13.8 Å². The van der Waals surface area contributed by atoms with Crippen molar-refractivity contribution >= 4 is 22.2 Å². The van der Waals surface area contributed by atoms with Gasteiger partial charge >= 0.3 is 10.4 Å². The van der Waals surface area contributed by atoms with E-state index in [0.717, 1.165) is 13.8 Å². The van der Waals surface area contributed by atoms with Crippen molar-refractivity contribution in [3.63, 3.8) is 0 Å². The van der Waals surface area contributed by atoms with Crippen LogP contribution in [0.4, 0.5) is 0 Å². The molecule has 0 aliphatic carbocycles. The standard InChI is InChI=1S/C46H80N2O37S/c1-11-22(56)29(63)33(67)42(75-11)84-39-32(66)26(60)18(7-51)78-45(39)81-36(15(5-49)47-13(3)53)24(58)16(55)9-73-41-21(48-14(4)54)28(62)37(20(80-41)10-74-86(70,71)72)82-46-40(85-43-34(68)30(64)23(57)12(2)76-43)38(27(61)19(8-52)79-46)83-44-35(69)31(65)25(59)17(6-50)77-44/h11-12,15-46,49-52,55-69H,5-10H2,1-4H3,(H,47,53)(H,48,54)(H,70,71,72)/t11-,12-,15-,16+,17+,18+,19+,20+,21+,22+,23+,24-,25-,26-,27-,28+,29+,30+,31-,32-,33-,34-,35+,36+,37+,38-,39+,40+,41+,42-,43-,44+,45-,46-/m0/s1. The number of carbonyl (C=O) groups is 2. The molecule has 0 bridgehead atoms. The van der Waals surface area contributed by atoms with Crippen LogP contribution in [0.15, 0.2) is 0 Å². The van der Waals surface area contributed by atoms with E-state index in [1.54, 1.807) is 0 Å². The Morgan fingerprint density at radius 1 is 0.488 bits per heavy atom. The third-order valence-corrected chi connectivity index (χ3v) is 15.5. The van der Waals surface area contributed by atoms with Gasteiger partial charge in [-0.2, -0.15) is 8.42 Å². The molecule has 0 spiro atoms. The van der Waals surface area contributed by atoms with E-state index >= 15 is 0 Å². The molecule has 0 aromatic carbocycles. The maximum atomic E-state index is 12.8. The summed E-state index contributed by atoms with van der Waals surface area (Å²) < 4.78 is 108. The third kappa shape index (κ3) is 17.0. The molecule has 6 rings (SSSR count). The number of hydrogen-bond acceptors (Lipinski definition) is 36. The maximum absolute atomic E-state index is 12.8. The molecule has 2 amide bonds. The van der Waals surface area contributed by atoms with Crippen molar-refractivity contribution in [1.29, 1.82) is 0 Å². The monoisotopic (exact) mass is 1280 g/mol. The van der Waals surface area contributed by atoms with Crippen molar-refractivity contribution in [2.24, 2.45) is 0 Å². The fourth-order valence-electron chi connectivity index (χ4n) is 10.3. The van der Waals surface area contributed by atoms with Gasteiger partial charge < -0.3 is 164 Å². The van der Waals surface area contributed by atoms with E-state index < -0.39 is 270 Å². The molecular weight excluding hydrogens is 1200 g/mol. The molecule has 6 aliphatic rings. The summed E-state index contributed by atoms with van der Waals surface area (Å²) in [5, 5.41) is 210. The van der Waals surface area contributed by atoms with Gasteiger partial charge in [-0.05, 0) is 13.8 Å². The lowest BCUT2D eigenvalue weighted by Gasteiger charge is -2.51. The van der Waals surface area contributed by atoms with Crippen LogP contribution in [-0.4, -0.2) is 370 Å². The van der Waals surface area contributed by atoms with E-state index in [2.05, 4.69) is 14.8 Å². The first-order valence-electron chi connectivity index (χ1n) is 26.9. The minimum Gasteiger partial charge on any atom is -0.394 e. The van der Waals surface area contributed by atoms with Crippen molar-refractivity contribution in [3.05, 3.63) is 0 Å². The molecule has 6 saturated heterocycles. The number of aliphatic hydroxyl groups excluding tert-OH is 19. The number of nitrogens with one attached hydrogen (secondary N) is 2. The summed E-state index contributed by atoms with van der Waals surface area (Å²) in [4.78, 5) is 25.3. The first-order valence-corrected chi connectivity index (χ1v) is 28.3. The van der Waals surface area contributed by atoms with E-state index in [4.69, 9.17) is 56.8 Å². The molecule has 0 aromatic rings. The Kier molecular flexibility index (Phi) is 26.4. The lowest BCUT2D eigenvalue weighted by atomic mass is 9.94. The summed E-state index contributed by atoms with van der Waals surface area (Å²) >= 11 is 0. The highest BCUT2D eigenvalue weighted by molar-refractivity contribution is 7.80. The first-order chi connectivity index (χ1) is 40.3. The zero-order valence-corrected chi connectivity index (χ0v) is 47.0. The second-order valence-electron chi connectivity index (χ2n) is 21.3.